The molecule has 1 N–H and O–H groups in total. The number of nitrogens with one attached hydrogen (secondary N) is 1. The molecule has 0 aliphatic heterocycles. The van der Waals surface area contributed by atoms with Crippen molar-refractivity contribution < 1.29 is 4.79 Å². The maximum atomic E-state index is 12.7. The third kappa shape index (κ3) is 3.42. The number of benzene rings is 1. The predicted molar refractivity (Wildman–Crippen MR) is 101 cm³/mol. The van der Waals surface area contributed by atoms with Gasteiger partial charge in [0, 0.05) is 15.0 Å². The number of carbonyl (C=O) groups is 1. The van der Waals surface area contributed by atoms with Gasteiger partial charge in [0.05, 0.1) is 5.39 Å². The molecule has 2 heterocycles. The first-order valence-corrected chi connectivity index (χ1v) is 9.14. The second-order valence-electron chi connectivity index (χ2n) is 5.39. The molecule has 0 saturated heterocycles. The first-order chi connectivity index (χ1) is 11.5. The van der Waals surface area contributed by atoms with Gasteiger partial charge in [-0.05, 0) is 43.7 Å². The number of aromatic nitrogens is 2. The number of thiophene rings is 1. The molecule has 24 heavy (non-hydrogen) atoms. The van der Waals surface area contributed by atoms with Crippen LogP contribution in [-0.2, 0) is 17.8 Å². The van der Waals surface area contributed by atoms with Gasteiger partial charge < -0.3 is 5.32 Å². The lowest BCUT2D eigenvalue weighted by molar-refractivity contribution is -0.116. The molecule has 0 bridgehead atoms. The van der Waals surface area contributed by atoms with Crippen LogP contribution < -0.4 is 10.9 Å². The lowest BCUT2D eigenvalue weighted by atomic mass is 10.3. The normalized spacial score (nSPS) is 11.0. The van der Waals surface area contributed by atoms with Crippen molar-refractivity contribution in [3.63, 3.8) is 0 Å². The van der Waals surface area contributed by atoms with E-state index in [4.69, 9.17) is 0 Å². The first-order valence-electron chi connectivity index (χ1n) is 7.53. The second kappa shape index (κ2) is 6.86. The van der Waals surface area contributed by atoms with Gasteiger partial charge in [-0.25, -0.2) is 4.98 Å². The SMILES string of the molecule is CCc1cc2c(=O)n(CC(=O)Nc3ccc(Br)cc3)c(C)nc2s1. The van der Waals surface area contributed by atoms with Crippen LogP contribution in [0.25, 0.3) is 10.2 Å². The zero-order chi connectivity index (χ0) is 17.3. The highest BCUT2D eigenvalue weighted by Gasteiger charge is 2.14. The Morgan fingerprint density at radius 2 is 2.04 bits per heavy atom. The molecule has 0 aliphatic rings. The average Bonchev–Trinajstić information content (AvgIpc) is 2.97. The highest BCUT2D eigenvalue weighted by Crippen LogP contribution is 2.22. The number of carbonyl (C=O) groups excluding carboxylic acids is 1. The fourth-order valence-electron chi connectivity index (χ4n) is 2.41. The molecule has 0 unspecified atom stereocenters. The van der Waals surface area contributed by atoms with Gasteiger partial charge in [-0.1, -0.05) is 22.9 Å². The Morgan fingerprint density at radius 1 is 1.33 bits per heavy atom. The summed E-state index contributed by atoms with van der Waals surface area (Å²) < 4.78 is 2.36. The number of amides is 1. The highest BCUT2D eigenvalue weighted by atomic mass is 79.9. The van der Waals surface area contributed by atoms with E-state index < -0.39 is 0 Å². The van der Waals surface area contributed by atoms with Crippen molar-refractivity contribution in [2.45, 2.75) is 26.8 Å². The van der Waals surface area contributed by atoms with Crippen molar-refractivity contribution in [1.29, 1.82) is 0 Å². The van der Waals surface area contributed by atoms with Crippen molar-refractivity contribution >= 4 is 49.1 Å². The van der Waals surface area contributed by atoms with Gasteiger partial charge in [0.25, 0.3) is 5.56 Å². The van der Waals surface area contributed by atoms with Crippen LogP contribution in [0.15, 0.2) is 39.6 Å². The summed E-state index contributed by atoms with van der Waals surface area (Å²) in [7, 11) is 0. The molecule has 1 amide bonds. The Kier molecular flexibility index (Phi) is 4.82. The third-order valence-corrected chi connectivity index (χ3v) is 5.37. The minimum Gasteiger partial charge on any atom is -0.325 e. The fourth-order valence-corrected chi connectivity index (χ4v) is 3.67. The third-order valence-electron chi connectivity index (χ3n) is 3.67. The van der Waals surface area contributed by atoms with Gasteiger partial charge in [-0.15, -0.1) is 11.3 Å². The van der Waals surface area contributed by atoms with Crippen LogP contribution in [0.2, 0.25) is 0 Å². The van der Waals surface area contributed by atoms with E-state index in [1.807, 2.05) is 25.1 Å². The Labute approximate surface area is 151 Å². The summed E-state index contributed by atoms with van der Waals surface area (Å²) in [5.41, 5.74) is 0.520. The highest BCUT2D eigenvalue weighted by molar-refractivity contribution is 9.10. The molecule has 0 spiro atoms. The summed E-state index contributed by atoms with van der Waals surface area (Å²) >= 11 is 4.88. The molecule has 124 valence electrons. The van der Waals surface area contributed by atoms with Gasteiger partial charge in [0.2, 0.25) is 5.91 Å². The van der Waals surface area contributed by atoms with Crippen LogP contribution >= 0.6 is 27.3 Å². The second-order valence-corrected chi connectivity index (χ2v) is 7.42. The number of aryl methyl sites for hydroxylation is 2. The number of hydrogen-bond donors (Lipinski definition) is 1. The van der Waals surface area contributed by atoms with E-state index in [9.17, 15) is 9.59 Å². The lowest BCUT2D eigenvalue weighted by Crippen LogP contribution is -2.29. The number of fused-ring (bicyclic) bond motifs is 1. The molecule has 0 fully saturated rings. The van der Waals surface area contributed by atoms with E-state index in [1.54, 1.807) is 19.1 Å². The summed E-state index contributed by atoms with van der Waals surface area (Å²) in [4.78, 5) is 31.2. The summed E-state index contributed by atoms with van der Waals surface area (Å²) in [5, 5.41) is 3.37. The molecule has 0 atom stereocenters. The van der Waals surface area contributed by atoms with Crippen molar-refractivity contribution in [2.75, 3.05) is 5.32 Å². The lowest BCUT2D eigenvalue weighted by Gasteiger charge is -2.10. The van der Waals surface area contributed by atoms with E-state index in [-0.39, 0.29) is 18.0 Å². The molecule has 7 heteroatoms. The van der Waals surface area contributed by atoms with E-state index in [2.05, 4.69) is 26.2 Å². The van der Waals surface area contributed by atoms with Crippen molar-refractivity contribution in [3.05, 3.63) is 55.9 Å². The van der Waals surface area contributed by atoms with Crippen LogP contribution in [0.4, 0.5) is 5.69 Å². The fraction of sp³-hybridized carbons (Fsp3) is 0.235. The minimum absolute atomic E-state index is 0.0546. The molecule has 5 nitrogen and oxygen atoms in total. The monoisotopic (exact) mass is 405 g/mol. The molecule has 2 aromatic heterocycles. The standard InChI is InChI=1S/C17H16BrN3O2S/c1-3-13-8-14-16(24-13)19-10(2)21(17(14)23)9-15(22)20-12-6-4-11(18)5-7-12/h4-8H,3,9H2,1-2H3,(H,20,22). The topological polar surface area (TPSA) is 64.0 Å². The van der Waals surface area contributed by atoms with E-state index >= 15 is 0 Å². The molecular weight excluding hydrogens is 390 g/mol. The van der Waals surface area contributed by atoms with Gasteiger partial charge in [0.15, 0.2) is 0 Å². The zero-order valence-electron chi connectivity index (χ0n) is 13.3. The minimum atomic E-state index is -0.255. The largest absolute Gasteiger partial charge is 0.325 e. The van der Waals surface area contributed by atoms with E-state index in [1.165, 1.54) is 15.9 Å². The van der Waals surface area contributed by atoms with Crippen molar-refractivity contribution in [2.24, 2.45) is 0 Å². The van der Waals surface area contributed by atoms with Gasteiger partial charge in [0.1, 0.15) is 17.2 Å². The number of hydrogen-bond acceptors (Lipinski definition) is 4. The Balaban J connectivity index is 1.87. The predicted octanol–water partition coefficient (Wildman–Crippen LogP) is 3.73. The summed E-state index contributed by atoms with van der Waals surface area (Å²) in [6, 6.07) is 9.16. The quantitative estimate of drug-likeness (QED) is 0.718. The Morgan fingerprint density at radius 3 is 2.71 bits per heavy atom. The van der Waals surface area contributed by atoms with Crippen LogP contribution in [-0.4, -0.2) is 15.5 Å². The summed E-state index contributed by atoms with van der Waals surface area (Å²) in [6.45, 7) is 3.74. The molecule has 0 aliphatic carbocycles. The van der Waals surface area contributed by atoms with Crippen molar-refractivity contribution in [1.82, 2.24) is 9.55 Å². The van der Waals surface area contributed by atoms with E-state index in [0.29, 0.717) is 16.9 Å². The number of halogens is 1. The molecule has 0 saturated carbocycles. The number of nitrogens with zero attached hydrogens (tertiary/aromatic N) is 2. The summed E-state index contributed by atoms with van der Waals surface area (Å²) in [6.07, 6.45) is 0.865. The zero-order valence-corrected chi connectivity index (χ0v) is 15.7. The number of rotatable bonds is 4. The number of anilines is 1. The first kappa shape index (κ1) is 16.9. The molecule has 1 aromatic carbocycles. The smallest absolute Gasteiger partial charge is 0.262 e. The van der Waals surface area contributed by atoms with E-state index in [0.717, 1.165) is 20.6 Å². The van der Waals surface area contributed by atoms with Crippen LogP contribution in [0, 0.1) is 6.92 Å². The maximum Gasteiger partial charge on any atom is 0.262 e. The molecular formula is C17H16BrN3O2S. The summed E-state index contributed by atoms with van der Waals surface area (Å²) in [5.74, 6) is 0.289. The van der Waals surface area contributed by atoms with Gasteiger partial charge in [-0.2, -0.15) is 0 Å². The van der Waals surface area contributed by atoms with Crippen LogP contribution in [0.5, 0.6) is 0 Å². The Hall–Kier alpha value is -1.99. The molecule has 3 aromatic rings. The average molecular weight is 406 g/mol. The Bertz CT molecular complexity index is 960. The van der Waals surface area contributed by atoms with Crippen LogP contribution in [0.3, 0.4) is 0 Å². The molecule has 3 rings (SSSR count). The molecule has 0 radical (unpaired) electrons. The van der Waals surface area contributed by atoms with Crippen molar-refractivity contribution in [3.8, 4) is 0 Å². The van der Waals surface area contributed by atoms with Crippen LogP contribution in [0.1, 0.15) is 17.6 Å². The van der Waals surface area contributed by atoms with Gasteiger partial charge >= 0.3 is 0 Å². The van der Waals surface area contributed by atoms with Gasteiger partial charge in [-0.3, -0.25) is 14.2 Å². The maximum absolute atomic E-state index is 12.7.